The number of carbonyl (C=O) groups excluding carboxylic acids is 1. The first kappa shape index (κ1) is 19.2. The number of fused-ring (bicyclic) bond motifs is 1. The highest BCUT2D eigenvalue weighted by molar-refractivity contribution is 8.26. The van der Waals surface area contributed by atoms with Crippen molar-refractivity contribution in [3.63, 3.8) is 0 Å². The molecular weight excluding hydrogens is 415 g/mol. The topological polar surface area (TPSA) is 25.2 Å². The number of rotatable bonds is 4. The summed E-state index contributed by atoms with van der Waals surface area (Å²) in [6.45, 7) is 2.97. The van der Waals surface area contributed by atoms with Gasteiger partial charge in [0.2, 0.25) is 0 Å². The molecule has 1 aromatic heterocycles. The van der Waals surface area contributed by atoms with Crippen LogP contribution in [-0.4, -0.2) is 26.2 Å². The summed E-state index contributed by atoms with van der Waals surface area (Å²) in [7, 11) is 0. The van der Waals surface area contributed by atoms with Crippen molar-refractivity contribution in [2.45, 2.75) is 13.5 Å². The molecule has 1 saturated heterocycles. The minimum Gasteiger partial charge on any atom is -0.342 e. The van der Waals surface area contributed by atoms with Gasteiger partial charge in [-0.1, -0.05) is 59.8 Å². The SMILES string of the molecule is CCN1C(=O)/C(=C\c2cn(Cc3ccc(F)cc3Cl)c3ccccc23)SC1=S. The molecule has 1 aliphatic rings. The fourth-order valence-corrected chi connectivity index (χ4v) is 4.87. The lowest BCUT2D eigenvalue weighted by Crippen LogP contribution is -2.27. The van der Waals surface area contributed by atoms with Crippen molar-refractivity contribution < 1.29 is 9.18 Å². The number of hydrogen-bond acceptors (Lipinski definition) is 3. The average Bonchev–Trinajstić information content (AvgIpc) is 3.15. The van der Waals surface area contributed by atoms with Gasteiger partial charge in [-0.2, -0.15) is 0 Å². The summed E-state index contributed by atoms with van der Waals surface area (Å²) in [6.07, 6.45) is 3.88. The third-order valence-corrected chi connectivity index (χ3v) is 6.38. The first-order chi connectivity index (χ1) is 13.5. The van der Waals surface area contributed by atoms with E-state index in [9.17, 15) is 9.18 Å². The molecule has 1 aliphatic heterocycles. The number of thioether (sulfide) groups is 1. The zero-order valence-corrected chi connectivity index (χ0v) is 17.4. The second kappa shape index (κ2) is 7.70. The molecule has 0 atom stereocenters. The first-order valence-electron chi connectivity index (χ1n) is 8.75. The van der Waals surface area contributed by atoms with Crippen molar-refractivity contribution in [3.8, 4) is 0 Å². The Labute approximate surface area is 176 Å². The summed E-state index contributed by atoms with van der Waals surface area (Å²) < 4.78 is 16.0. The molecule has 0 bridgehead atoms. The Morgan fingerprint density at radius 3 is 2.75 bits per heavy atom. The van der Waals surface area contributed by atoms with Crippen molar-refractivity contribution in [1.29, 1.82) is 0 Å². The average molecular weight is 431 g/mol. The Morgan fingerprint density at radius 2 is 2.04 bits per heavy atom. The molecule has 0 saturated carbocycles. The minimum atomic E-state index is -0.357. The van der Waals surface area contributed by atoms with Crippen molar-refractivity contribution in [2.24, 2.45) is 0 Å². The van der Waals surface area contributed by atoms with Gasteiger partial charge in [0.05, 0.1) is 4.91 Å². The van der Waals surface area contributed by atoms with Crippen LogP contribution in [0.2, 0.25) is 5.02 Å². The maximum absolute atomic E-state index is 13.4. The standard InChI is InChI=1S/C21H16ClFN2OS2/c1-2-25-20(26)19(28-21(25)27)9-14-12-24(18-6-4-3-5-16(14)18)11-13-7-8-15(23)10-17(13)22/h3-10,12H,2,11H2,1H3/b19-9+. The number of hydrogen-bond donors (Lipinski definition) is 0. The second-order valence-corrected chi connectivity index (χ2v) is 8.47. The van der Waals surface area contributed by atoms with Gasteiger partial charge in [-0.15, -0.1) is 0 Å². The molecule has 142 valence electrons. The number of thiocarbonyl (C=S) groups is 1. The molecular formula is C21H16ClFN2OS2. The van der Waals surface area contributed by atoms with Gasteiger partial charge in [0.15, 0.2) is 0 Å². The van der Waals surface area contributed by atoms with E-state index in [0.717, 1.165) is 22.0 Å². The van der Waals surface area contributed by atoms with Crippen molar-refractivity contribution >= 4 is 62.8 Å². The fourth-order valence-electron chi connectivity index (χ4n) is 3.27. The van der Waals surface area contributed by atoms with Crippen LogP contribution in [0.1, 0.15) is 18.1 Å². The van der Waals surface area contributed by atoms with Crippen molar-refractivity contribution in [2.75, 3.05) is 6.54 Å². The van der Waals surface area contributed by atoms with Crippen LogP contribution in [0, 0.1) is 5.82 Å². The zero-order chi connectivity index (χ0) is 19.8. The van der Waals surface area contributed by atoms with E-state index < -0.39 is 0 Å². The van der Waals surface area contributed by atoms with Crippen LogP contribution in [0.25, 0.3) is 17.0 Å². The summed E-state index contributed by atoms with van der Waals surface area (Å²) >= 11 is 12.8. The number of benzene rings is 2. The van der Waals surface area contributed by atoms with Gasteiger partial charge in [-0.05, 0) is 36.8 Å². The van der Waals surface area contributed by atoms with E-state index >= 15 is 0 Å². The monoisotopic (exact) mass is 430 g/mol. The molecule has 0 spiro atoms. The molecule has 1 amide bonds. The number of para-hydroxylation sites is 1. The third-order valence-electron chi connectivity index (χ3n) is 4.65. The molecule has 0 unspecified atom stereocenters. The lowest BCUT2D eigenvalue weighted by molar-refractivity contribution is -0.121. The van der Waals surface area contributed by atoms with E-state index in [-0.39, 0.29) is 11.7 Å². The van der Waals surface area contributed by atoms with Crippen LogP contribution in [0.5, 0.6) is 0 Å². The quantitative estimate of drug-likeness (QED) is 0.392. The summed E-state index contributed by atoms with van der Waals surface area (Å²) in [5.74, 6) is -0.416. The molecule has 7 heteroatoms. The summed E-state index contributed by atoms with van der Waals surface area (Å²) in [5, 5.41) is 1.42. The van der Waals surface area contributed by atoms with Crippen LogP contribution >= 0.6 is 35.6 Å². The summed E-state index contributed by atoms with van der Waals surface area (Å²) in [6, 6.07) is 12.4. The third kappa shape index (κ3) is 3.48. The Kier molecular flexibility index (Phi) is 5.27. The summed E-state index contributed by atoms with van der Waals surface area (Å²) in [5.41, 5.74) is 2.78. The van der Waals surface area contributed by atoms with E-state index in [0.29, 0.717) is 27.3 Å². The van der Waals surface area contributed by atoms with Gasteiger partial charge >= 0.3 is 0 Å². The Balaban J connectivity index is 1.76. The van der Waals surface area contributed by atoms with Crippen LogP contribution in [-0.2, 0) is 11.3 Å². The Bertz CT molecular complexity index is 1140. The highest BCUT2D eigenvalue weighted by atomic mass is 35.5. The predicted molar refractivity (Wildman–Crippen MR) is 118 cm³/mol. The maximum Gasteiger partial charge on any atom is 0.266 e. The first-order valence-corrected chi connectivity index (χ1v) is 10.4. The van der Waals surface area contributed by atoms with Crippen molar-refractivity contribution in [3.05, 3.63) is 75.5 Å². The normalized spacial score (nSPS) is 16.0. The zero-order valence-electron chi connectivity index (χ0n) is 15.0. The maximum atomic E-state index is 13.4. The number of carbonyl (C=O) groups is 1. The van der Waals surface area contributed by atoms with E-state index in [4.69, 9.17) is 23.8 Å². The van der Waals surface area contributed by atoms with E-state index in [1.54, 1.807) is 11.0 Å². The highest BCUT2D eigenvalue weighted by Gasteiger charge is 2.30. The van der Waals surface area contributed by atoms with E-state index in [1.807, 2.05) is 43.5 Å². The molecule has 3 aromatic rings. The molecule has 4 rings (SSSR count). The molecule has 2 heterocycles. The van der Waals surface area contributed by atoms with Gasteiger partial charge in [-0.25, -0.2) is 4.39 Å². The van der Waals surface area contributed by atoms with Crippen LogP contribution < -0.4 is 0 Å². The predicted octanol–water partition coefficient (Wildman–Crippen LogP) is 5.70. The number of likely N-dealkylation sites (N-methyl/N-ethyl adjacent to an activating group) is 1. The fraction of sp³-hybridized carbons (Fsp3) is 0.143. The van der Waals surface area contributed by atoms with Crippen molar-refractivity contribution in [1.82, 2.24) is 9.47 Å². The number of aromatic nitrogens is 1. The van der Waals surface area contributed by atoms with Crippen LogP contribution in [0.4, 0.5) is 4.39 Å². The highest BCUT2D eigenvalue weighted by Crippen LogP contribution is 2.34. The van der Waals surface area contributed by atoms with Gasteiger partial charge in [0.25, 0.3) is 5.91 Å². The molecule has 28 heavy (non-hydrogen) atoms. The van der Waals surface area contributed by atoms with Crippen LogP contribution in [0.15, 0.2) is 53.6 Å². The van der Waals surface area contributed by atoms with Gasteiger partial charge < -0.3 is 4.57 Å². The molecule has 0 aliphatic carbocycles. The minimum absolute atomic E-state index is 0.0593. The van der Waals surface area contributed by atoms with E-state index in [2.05, 4.69) is 4.57 Å². The number of nitrogens with zero attached hydrogens (tertiary/aromatic N) is 2. The molecule has 0 radical (unpaired) electrons. The molecule has 3 nitrogen and oxygen atoms in total. The van der Waals surface area contributed by atoms with Crippen LogP contribution in [0.3, 0.4) is 0 Å². The van der Waals surface area contributed by atoms with E-state index in [1.165, 1.54) is 23.9 Å². The smallest absolute Gasteiger partial charge is 0.266 e. The Morgan fingerprint density at radius 1 is 1.25 bits per heavy atom. The molecule has 2 aromatic carbocycles. The van der Waals surface area contributed by atoms with Gasteiger partial charge in [0, 0.05) is 40.8 Å². The second-order valence-electron chi connectivity index (χ2n) is 6.39. The number of halogens is 2. The summed E-state index contributed by atoms with van der Waals surface area (Å²) in [4.78, 5) is 14.8. The lowest BCUT2D eigenvalue weighted by Gasteiger charge is -2.09. The van der Waals surface area contributed by atoms with Gasteiger partial charge in [0.1, 0.15) is 10.1 Å². The molecule has 0 N–H and O–H groups in total. The lowest BCUT2D eigenvalue weighted by atomic mass is 10.1. The van der Waals surface area contributed by atoms with Gasteiger partial charge in [-0.3, -0.25) is 9.69 Å². The Hall–Kier alpha value is -2.15. The number of amides is 1. The largest absolute Gasteiger partial charge is 0.342 e. The molecule has 1 fully saturated rings.